The van der Waals surface area contributed by atoms with Crippen LogP contribution in [0.5, 0.6) is 0 Å². The number of hydrogen-bond acceptors (Lipinski definition) is 2. The fraction of sp³-hybridized carbons (Fsp3) is 0.400. The van der Waals surface area contributed by atoms with Crippen LogP contribution in [0.2, 0.25) is 0 Å². The summed E-state index contributed by atoms with van der Waals surface area (Å²) in [5, 5.41) is 19.0. The van der Waals surface area contributed by atoms with Gasteiger partial charge in [0.2, 0.25) is 0 Å². The number of rotatable bonds is 9. The zero-order valence-corrected chi connectivity index (χ0v) is 13.7. The highest BCUT2D eigenvalue weighted by Crippen LogP contribution is 2.26. The van der Waals surface area contributed by atoms with Gasteiger partial charge in [0.1, 0.15) is 11.6 Å². The first-order chi connectivity index (χ1) is 11.6. The van der Waals surface area contributed by atoms with E-state index >= 15 is 0 Å². The average Bonchev–Trinajstić information content (AvgIpc) is 2.60. The van der Waals surface area contributed by atoms with Gasteiger partial charge in [0, 0.05) is 13.2 Å². The summed E-state index contributed by atoms with van der Waals surface area (Å²) >= 11 is 0. The molecular weight excluding hydrogens is 310 g/mol. The summed E-state index contributed by atoms with van der Waals surface area (Å²) in [5.41, 5.74) is 1.99. The summed E-state index contributed by atoms with van der Waals surface area (Å²) in [6, 6.07) is 12.7. The normalized spacial score (nSPS) is 13.7. The van der Waals surface area contributed by atoms with Crippen molar-refractivity contribution < 1.29 is 19.0 Å². The number of aliphatic hydroxyl groups is 2. The lowest BCUT2D eigenvalue weighted by atomic mass is 9.80. The van der Waals surface area contributed by atoms with Gasteiger partial charge in [0.15, 0.2) is 0 Å². The monoisotopic (exact) mass is 334 g/mol. The van der Waals surface area contributed by atoms with Gasteiger partial charge in [0.05, 0.1) is 0 Å². The highest BCUT2D eigenvalue weighted by molar-refractivity contribution is 5.19. The molecule has 2 atom stereocenters. The topological polar surface area (TPSA) is 40.5 Å². The Balaban J connectivity index is 2.10. The summed E-state index contributed by atoms with van der Waals surface area (Å²) in [6.07, 6.45) is 2.80. The van der Waals surface area contributed by atoms with Crippen molar-refractivity contribution in [2.45, 2.75) is 25.7 Å². The first-order valence-electron chi connectivity index (χ1n) is 8.33. The van der Waals surface area contributed by atoms with Gasteiger partial charge in [-0.05, 0) is 72.9 Å². The van der Waals surface area contributed by atoms with Crippen LogP contribution >= 0.6 is 0 Å². The maximum Gasteiger partial charge on any atom is 0.123 e. The van der Waals surface area contributed by atoms with Crippen molar-refractivity contribution in [3.63, 3.8) is 0 Å². The van der Waals surface area contributed by atoms with Crippen LogP contribution in [0.3, 0.4) is 0 Å². The minimum absolute atomic E-state index is 0.00654. The lowest BCUT2D eigenvalue weighted by molar-refractivity contribution is 0.158. The molecule has 2 aromatic rings. The molecule has 0 unspecified atom stereocenters. The minimum atomic E-state index is -0.276. The van der Waals surface area contributed by atoms with Crippen molar-refractivity contribution in [1.29, 1.82) is 0 Å². The van der Waals surface area contributed by atoms with Crippen molar-refractivity contribution >= 4 is 0 Å². The van der Waals surface area contributed by atoms with Crippen molar-refractivity contribution in [2.24, 2.45) is 11.8 Å². The maximum absolute atomic E-state index is 13.1. The molecule has 0 aromatic heterocycles. The molecule has 0 bridgehead atoms. The number of halogens is 2. The standard InChI is InChI=1S/C20H24F2O2/c21-19-7-3-15(4-8-19)12-17(2-1-11-23)18(14-24)13-16-5-9-20(22)10-6-16/h3-10,17-18,23-24H,1-2,11-14H2/t17-,18+/m1/s1. The van der Waals surface area contributed by atoms with Gasteiger partial charge in [0.25, 0.3) is 0 Å². The summed E-state index contributed by atoms with van der Waals surface area (Å²) in [7, 11) is 0. The zero-order chi connectivity index (χ0) is 17.4. The highest BCUT2D eigenvalue weighted by atomic mass is 19.1. The van der Waals surface area contributed by atoms with Crippen molar-refractivity contribution in [1.82, 2.24) is 0 Å². The zero-order valence-electron chi connectivity index (χ0n) is 13.7. The first kappa shape index (κ1) is 18.6. The van der Waals surface area contributed by atoms with Gasteiger partial charge in [-0.3, -0.25) is 0 Å². The molecule has 4 heteroatoms. The Morgan fingerprint density at radius 3 is 1.58 bits per heavy atom. The average molecular weight is 334 g/mol. The lowest BCUT2D eigenvalue weighted by Crippen LogP contribution is -2.23. The van der Waals surface area contributed by atoms with Crippen molar-refractivity contribution in [2.75, 3.05) is 13.2 Å². The Morgan fingerprint density at radius 2 is 1.17 bits per heavy atom. The van der Waals surface area contributed by atoms with E-state index in [1.165, 1.54) is 24.3 Å². The van der Waals surface area contributed by atoms with Crippen LogP contribution in [0.1, 0.15) is 24.0 Å². The lowest BCUT2D eigenvalue weighted by Gasteiger charge is -2.26. The van der Waals surface area contributed by atoms with Gasteiger partial charge >= 0.3 is 0 Å². The fourth-order valence-electron chi connectivity index (χ4n) is 3.08. The van der Waals surface area contributed by atoms with E-state index in [-0.39, 0.29) is 36.7 Å². The Labute approximate surface area is 141 Å². The van der Waals surface area contributed by atoms with Crippen LogP contribution in [-0.2, 0) is 12.8 Å². The molecule has 0 aliphatic heterocycles. The Hall–Kier alpha value is -1.78. The quantitative estimate of drug-likeness (QED) is 0.733. The molecule has 2 rings (SSSR count). The molecule has 0 heterocycles. The van der Waals surface area contributed by atoms with E-state index in [4.69, 9.17) is 5.11 Å². The molecule has 0 fully saturated rings. The SMILES string of the molecule is OCCC[C@H](Cc1ccc(F)cc1)[C@H](CO)Cc1ccc(F)cc1. The molecule has 0 amide bonds. The molecule has 0 radical (unpaired) electrons. The van der Waals surface area contributed by atoms with Crippen LogP contribution < -0.4 is 0 Å². The summed E-state index contributed by atoms with van der Waals surface area (Å²) < 4.78 is 26.1. The van der Waals surface area contributed by atoms with Gasteiger partial charge in [-0.15, -0.1) is 0 Å². The van der Waals surface area contributed by atoms with E-state index < -0.39 is 0 Å². The molecule has 0 saturated heterocycles. The van der Waals surface area contributed by atoms with E-state index in [0.717, 1.165) is 17.5 Å². The van der Waals surface area contributed by atoms with Crippen LogP contribution in [0.15, 0.2) is 48.5 Å². The third-order valence-corrected chi connectivity index (χ3v) is 4.46. The van der Waals surface area contributed by atoms with Gasteiger partial charge in [-0.25, -0.2) is 8.78 Å². The molecule has 2 N–H and O–H groups in total. The second-order valence-corrected chi connectivity index (χ2v) is 6.23. The molecule has 130 valence electrons. The highest BCUT2D eigenvalue weighted by Gasteiger charge is 2.21. The molecule has 2 nitrogen and oxygen atoms in total. The van der Waals surface area contributed by atoms with E-state index in [1.807, 2.05) is 0 Å². The number of benzene rings is 2. The second-order valence-electron chi connectivity index (χ2n) is 6.23. The minimum Gasteiger partial charge on any atom is -0.396 e. The second kappa shape index (κ2) is 9.50. The summed E-state index contributed by atoms with van der Waals surface area (Å²) in [6.45, 7) is 0.128. The van der Waals surface area contributed by atoms with Crippen molar-refractivity contribution in [3.05, 3.63) is 71.3 Å². The van der Waals surface area contributed by atoms with Crippen LogP contribution in [0, 0.1) is 23.5 Å². The Kier molecular flexibility index (Phi) is 7.35. The van der Waals surface area contributed by atoms with E-state index in [0.29, 0.717) is 19.3 Å². The van der Waals surface area contributed by atoms with Gasteiger partial charge in [-0.1, -0.05) is 24.3 Å². The molecule has 0 aliphatic carbocycles. The molecular formula is C20H24F2O2. The Morgan fingerprint density at radius 1 is 0.708 bits per heavy atom. The largest absolute Gasteiger partial charge is 0.396 e. The predicted molar refractivity (Wildman–Crippen MR) is 90.6 cm³/mol. The third-order valence-electron chi connectivity index (χ3n) is 4.46. The van der Waals surface area contributed by atoms with Gasteiger partial charge in [-0.2, -0.15) is 0 Å². The van der Waals surface area contributed by atoms with Crippen molar-refractivity contribution in [3.8, 4) is 0 Å². The Bertz CT molecular complexity index is 596. The first-order valence-corrected chi connectivity index (χ1v) is 8.33. The third kappa shape index (κ3) is 5.69. The summed E-state index contributed by atoms with van der Waals surface area (Å²) in [4.78, 5) is 0. The van der Waals surface area contributed by atoms with E-state index in [1.54, 1.807) is 24.3 Å². The summed E-state index contributed by atoms with van der Waals surface area (Å²) in [5.74, 6) is -0.372. The maximum atomic E-state index is 13.1. The molecule has 24 heavy (non-hydrogen) atoms. The van der Waals surface area contributed by atoms with Crippen LogP contribution in [0.4, 0.5) is 8.78 Å². The smallest absolute Gasteiger partial charge is 0.123 e. The molecule has 0 aliphatic rings. The molecule has 0 spiro atoms. The molecule has 0 saturated carbocycles. The molecule has 2 aromatic carbocycles. The van der Waals surface area contributed by atoms with Gasteiger partial charge < -0.3 is 10.2 Å². The predicted octanol–water partition coefficient (Wildman–Crippen LogP) is 3.75. The van der Waals surface area contributed by atoms with Crippen LogP contribution in [-0.4, -0.2) is 23.4 Å². The number of hydrogen-bond donors (Lipinski definition) is 2. The van der Waals surface area contributed by atoms with E-state index in [9.17, 15) is 13.9 Å². The fourth-order valence-corrected chi connectivity index (χ4v) is 3.08. The van der Waals surface area contributed by atoms with Crippen LogP contribution in [0.25, 0.3) is 0 Å². The van der Waals surface area contributed by atoms with E-state index in [2.05, 4.69) is 0 Å². The number of aliphatic hydroxyl groups excluding tert-OH is 2.